The van der Waals surface area contributed by atoms with Gasteiger partial charge in [-0.3, -0.25) is 4.72 Å². The number of aliphatic hydroxyl groups is 1. The van der Waals surface area contributed by atoms with Crippen molar-refractivity contribution in [1.82, 2.24) is 9.97 Å². The first-order valence-electron chi connectivity index (χ1n) is 4.85. The smallest absolute Gasteiger partial charge is 0.291 e. The third kappa shape index (κ3) is 3.16. The van der Waals surface area contributed by atoms with Crippen LogP contribution in [0.5, 0.6) is 0 Å². The molecule has 0 amide bonds. The van der Waals surface area contributed by atoms with Gasteiger partial charge in [0.1, 0.15) is 5.00 Å². The lowest BCUT2D eigenvalue weighted by Gasteiger charge is -2.00. The molecule has 10 heteroatoms. The van der Waals surface area contributed by atoms with Gasteiger partial charge in [0.2, 0.25) is 4.34 Å². The van der Waals surface area contributed by atoms with Gasteiger partial charge < -0.3 is 10.4 Å². The Hall–Kier alpha value is -1.23. The first-order chi connectivity index (χ1) is 8.62. The molecule has 0 atom stereocenters. The van der Waals surface area contributed by atoms with E-state index in [4.69, 9.17) is 5.11 Å². The van der Waals surface area contributed by atoms with Crippen molar-refractivity contribution in [3.05, 3.63) is 17.8 Å². The summed E-state index contributed by atoms with van der Waals surface area (Å²) < 4.78 is 26.0. The SMILES string of the molecule is O=S(=O)(Nc1ncc(NCCO)s1)c1nccs1. The average molecular weight is 306 g/mol. The molecule has 0 unspecified atom stereocenters. The highest BCUT2D eigenvalue weighted by molar-refractivity contribution is 7.94. The third-order valence-corrected chi connectivity index (χ3v) is 5.32. The summed E-state index contributed by atoms with van der Waals surface area (Å²) in [5, 5.41) is 14.1. The van der Waals surface area contributed by atoms with Crippen LogP contribution in [-0.2, 0) is 10.0 Å². The first kappa shape index (κ1) is 13.2. The number of hydrogen-bond donors (Lipinski definition) is 3. The van der Waals surface area contributed by atoms with Crippen molar-refractivity contribution >= 4 is 42.8 Å². The van der Waals surface area contributed by atoms with Gasteiger partial charge in [0, 0.05) is 18.1 Å². The lowest BCUT2D eigenvalue weighted by atomic mass is 10.7. The number of anilines is 2. The van der Waals surface area contributed by atoms with E-state index in [-0.39, 0.29) is 16.1 Å². The van der Waals surface area contributed by atoms with Gasteiger partial charge in [-0.1, -0.05) is 11.3 Å². The van der Waals surface area contributed by atoms with Crippen LogP contribution >= 0.6 is 22.7 Å². The maximum absolute atomic E-state index is 11.8. The Morgan fingerprint density at radius 1 is 1.39 bits per heavy atom. The molecule has 7 nitrogen and oxygen atoms in total. The van der Waals surface area contributed by atoms with Crippen LogP contribution in [0, 0.1) is 0 Å². The van der Waals surface area contributed by atoms with E-state index in [1.54, 1.807) is 5.38 Å². The molecule has 18 heavy (non-hydrogen) atoms. The van der Waals surface area contributed by atoms with E-state index in [0.717, 1.165) is 22.7 Å². The molecular weight excluding hydrogens is 296 g/mol. The molecule has 2 rings (SSSR count). The van der Waals surface area contributed by atoms with Crippen molar-refractivity contribution in [2.75, 3.05) is 23.2 Å². The van der Waals surface area contributed by atoms with Gasteiger partial charge in [0.25, 0.3) is 10.0 Å². The van der Waals surface area contributed by atoms with Crippen molar-refractivity contribution in [1.29, 1.82) is 0 Å². The number of hydrogen-bond acceptors (Lipinski definition) is 8. The number of nitrogens with one attached hydrogen (secondary N) is 2. The summed E-state index contributed by atoms with van der Waals surface area (Å²) in [6, 6.07) is 0. The molecule has 0 saturated heterocycles. The number of thiazole rings is 2. The van der Waals surface area contributed by atoms with Crippen molar-refractivity contribution < 1.29 is 13.5 Å². The highest BCUT2D eigenvalue weighted by Gasteiger charge is 2.18. The van der Waals surface area contributed by atoms with Crippen LogP contribution in [-0.4, -0.2) is 36.6 Å². The van der Waals surface area contributed by atoms with E-state index in [0.29, 0.717) is 11.5 Å². The molecule has 0 fully saturated rings. The Balaban J connectivity index is 2.08. The van der Waals surface area contributed by atoms with Crippen molar-refractivity contribution in [2.45, 2.75) is 4.34 Å². The molecule has 0 aliphatic rings. The van der Waals surface area contributed by atoms with Crippen LogP contribution in [0.2, 0.25) is 0 Å². The van der Waals surface area contributed by atoms with Crippen LogP contribution in [0.4, 0.5) is 10.1 Å². The van der Waals surface area contributed by atoms with E-state index < -0.39 is 10.0 Å². The largest absolute Gasteiger partial charge is 0.395 e. The second kappa shape index (κ2) is 5.61. The van der Waals surface area contributed by atoms with Crippen molar-refractivity contribution in [3.8, 4) is 0 Å². The summed E-state index contributed by atoms with van der Waals surface area (Å²) in [5.74, 6) is 0. The number of nitrogens with zero attached hydrogens (tertiary/aromatic N) is 2. The number of rotatable bonds is 6. The average Bonchev–Trinajstić information content (AvgIpc) is 2.96. The minimum Gasteiger partial charge on any atom is -0.395 e. The highest BCUT2D eigenvalue weighted by Crippen LogP contribution is 2.25. The maximum Gasteiger partial charge on any atom is 0.291 e. The van der Waals surface area contributed by atoms with Gasteiger partial charge in [0.15, 0.2) is 5.13 Å². The normalized spacial score (nSPS) is 11.4. The van der Waals surface area contributed by atoms with E-state index in [2.05, 4.69) is 20.0 Å². The monoisotopic (exact) mass is 306 g/mol. The predicted octanol–water partition coefficient (Wildman–Crippen LogP) is 0.805. The summed E-state index contributed by atoms with van der Waals surface area (Å²) >= 11 is 2.19. The summed E-state index contributed by atoms with van der Waals surface area (Å²) in [4.78, 5) is 7.66. The van der Waals surface area contributed by atoms with Gasteiger partial charge in [-0.05, 0) is 0 Å². The second-order valence-corrected chi connectivity index (χ2v) is 6.86. The molecule has 0 aliphatic heterocycles. The summed E-state index contributed by atoms with van der Waals surface area (Å²) in [7, 11) is -3.65. The summed E-state index contributed by atoms with van der Waals surface area (Å²) in [6.07, 6.45) is 2.93. The molecule has 98 valence electrons. The van der Waals surface area contributed by atoms with Crippen LogP contribution in [0.1, 0.15) is 0 Å². The molecule has 2 heterocycles. The van der Waals surface area contributed by atoms with Crippen LogP contribution in [0.25, 0.3) is 0 Å². The molecule has 0 saturated carbocycles. The lowest BCUT2D eigenvalue weighted by Crippen LogP contribution is -2.12. The molecule has 0 spiro atoms. The fourth-order valence-corrected chi connectivity index (χ4v) is 3.90. The molecule has 0 aliphatic carbocycles. The van der Waals surface area contributed by atoms with E-state index in [9.17, 15) is 8.42 Å². The predicted molar refractivity (Wildman–Crippen MR) is 70.6 cm³/mol. The quantitative estimate of drug-likeness (QED) is 0.729. The van der Waals surface area contributed by atoms with Gasteiger partial charge in [-0.15, -0.1) is 11.3 Å². The zero-order chi connectivity index (χ0) is 13.0. The zero-order valence-electron chi connectivity index (χ0n) is 9.03. The van der Waals surface area contributed by atoms with Crippen LogP contribution in [0.15, 0.2) is 22.1 Å². The van der Waals surface area contributed by atoms with Gasteiger partial charge in [-0.2, -0.15) is 8.42 Å². The first-order valence-corrected chi connectivity index (χ1v) is 8.02. The lowest BCUT2D eigenvalue weighted by molar-refractivity contribution is 0.311. The topological polar surface area (TPSA) is 104 Å². The third-order valence-electron chi connectivity index (χ3n) is 1.78. The fraction of sp³-hybridized carbons (Fsp3) is 0.250. The van der Waals surface area contributed by atoms with Gasteiger partial charge >= 0.3 is 0 Å². The second-order valence-electron chi connectivity index (χ2n) is 3.08. The highest BCUT2D eigenvalue weighted by atomic mass is 32.2. The van der Waals surface area contributed by atoms with Gasteiger partial charge in [0.05, 0.1) is 12.8 Å². The molecular formula is C8H10N4O3S3. The van der Waals surface area contributed by atoms with E-state index >= 15 is 0 Å². The molecule has 0 aromatic carbocycles. The Bertz CT molecular complexity index is 593. The van der Waals surface area contributed by atoms with Crippen molar-refractivity contribution in [3.63, 3.8) is 0 Å². The Kier molecular flexibility index (Phi) is 4.11. The minimum absolute atomic E-state index is 0.00191. The van der Waals surface area contributed by atoms with E-state index in [1.165, 1.54) is 12.4 Å². The molecule has 0 bridgehead atoms. The Labute approximate surface area is 112 Å². The maximum atomic E-state index is 11.8. The van der Waals surface area contributed by atoms with Crippen molar-refractivity contribution in [2.24, 2.45) is 0 Å². The summed E-state index contributed by atoms with van der Waals surface area (Å²) in [5.41, 5.74) is 0. The fourth-order valence-electron chi connectivity index (χ4n) is 1.08. The number of aliphatic hydroxyl groups excluding tert-OH is 1. The zero-order valence-corrected chi connectivity index (χ0v) is 11.5. The van der Waals surface area contributed by atoms with Gasteiger partial charge in [-0.25, -0.2) is 9.97 Å². The molecule has 2 aromatic rings. The minimum atomic E-state index is -3.65. The standard InChI is InChI=1S/C8H10N4O3S3/c13-3-1-9-6-5-11-7(17-6)12-18(14,15)8-10-2-4-16-8/h2,4-5,9,13H,1,3H2,(H,11,12). The van der Waals surface area contributed by atoms with E-state index in [1.807, 2.05) is 0 Å². The Morgan fingerprint density at radius 2 is 2.22 bits per heavy atom. The Morgan fingerprint density at radius 3 is 2.89 bits per heavy atom. The molecule has 2 aromatic heterocycles. The number of aromatic nitrogens is 2. The van der Waals surface area contributed by atoms with Crippen LogP contribution in [0.3, 0.4) is 0 Å². The number of sulfonamides is 1. The molecule has 3 N–H and O–H groups in total. The van der Waals surface area contributed by atoms with Crippen LogP contribution < -0.4 is 10.0 Å². The summed E-state index contributed by atoms with van der Waals surface area (Å²) in [6.45, 7) is 0.388. The molecule has 0 radical (unpaired) electrons.